The maximum atomic E-state index is 6.45. The summed E-state index contributed by atoms with van der Waals surface area (Å²) in [6.45, 7) is 8.31. The summed E-state index contributed by atoms with van der Waals surface area (Å²) < 4.78 is 4.61. The molecule has 2 heterocycles. The first-order valence-corrected chi connectivity index (χ1v) is 14.2. The van der Waals surface area contributed by atoms with Crippen LogP contribution in [0.2, 0.25) is 10.0 Å². The van der Waals surface area contributed by atoms with Crippen LogP contribution in [0.15, 0.2) is 23.3 Å². The van der Waals surface area contributed by atoms with E-state index in [4.69, 9.17) is 45.6 Å². The minimum atomic E-state index is 0.0794. The Morgan fingerprint density at radius 2 is 1.57 bits per heavy atom. The maximum Gasteiger partial charge on any atom is 0.220 e. The molecule has 5 aliphatic rings. The first kappa shape index (κ1) is 24.1. The first-order valence-electron chi connectivity index (χ1n) is 13.1. The lowest BCUT2D eigenvalue weighted by atomic mass is 9.49. The Balaban J connectivity index is 1.37. The van der Waals surface area contributed by atoms with Crippen LogP contribution in [0.25, 0.3) is 0 Å². The fourth-order valence-corrected chi connectivity index (χ4v) is 8.22. The van der Waals surface area contributed by atoms with Gasteiger partial charge in [0.1, 0.15) is 0 Å². The molecule has 2 aromatic rings. The van der Waals surface area contributed by atoms with E-state index in [1.165, 1.54) is 38.5 Å². The predicted octanol–water partition coefficient (Wildman–Crippen LogP) is 5.67. The number of nitrogens with zero attached hydrogens (tertiary/aromatic N) is 6. The molecule has 4 bridgehead atoms. The van der Waals surface area contributed by atoms with E-state index in [-0.39, 0.29) is 5.41 Å². The largest absolute Gasteiger partial charge is 0.301 e. The molecular weight excluding hydrogens is 499 g/mol. The minimum Gasteiger partial charge on any atom is -0.301 e. The van der Waals surface area contributed by atoms with Crippen molar-refractivity contribution < 1.29 is 0 Å². The third kappa shape index (κ3) is 4.52. The Morgan fingerprint density at radius 1 is 1.00 bits per heavy atom. The van der Waals surface area contributed by atoms with Gasteiger partial charge in [0.25, 0.3) is 0 Å². The van der Waals surface area contributed by atoms with E-state index >= 15 is 0 Å². The van der Waals surface area contributed by atoms with Crippen LogP contribution in [0, 0.1) is 22.5 Å². The van der Waals surface area contributed by atoms with Crippen molar-refractivity contribution in [3.05, 3.63) is 44.4 Å². The Morgan fingerprint density at radius 3 is 2.14 bits per heavy atom. The van der Waals surface area contributed by atoms with Gasteiger partial charge in [-0.05, 0) is 87.2 Å². The van der Waals surface area contributed by atoms with Gasteiger partial charge in [0.2, 0.25) is 4.77 Å². The smallest absolute Gasteiger partial charge is 0.220 e. The van der Waals surface area contributed by atoms with Gasteiger partial charge in [0.05, 0.1) is 22.9 Å². The van der Waals surface area contributed by atoms with Crippen molar-refractivity contribution in [2.45, 2.75) is 57.5 Å². The number of halogens is 2. The zero-order valence-corrected chi connectivity index (χ0v) is 22.7. The molecule has 4 saturated carbocycles. The molecule has 4 aliphatic carbocycles. The Kier molecular flexibility index (Phi) is 6.59. The van der Waals surface area contributed by atoms with Crippen molar-refractivity contribution in [1.29, 1.82) is 0 Å². The molecule has 188 valence electrons. The van der Waals surface area contributed by atoms with E-state index in [0.29, 0.717) is 21.5 Å². The molecule has 5 fully saturated rings. The maximum absolute atomic E-state index is 6.45. The summed E-state index contributed by atoms with van der Waals surface area (Å²) >= 11 is 18.9. The van der Waals surface area contributed by atoms with Gasteiger partial charge in [-0.1, -0.05) is 36.2 Å². The van der Waals surface area contributed by atoms with Crippen LogP contribution in [0.4, 0.5) is 0 Å². The molecule has 0 spiro atoms. The molecule has 1 saturated heterocycles. The Bertz CT molecular complexity index is 1120. The molecule has 7 rings (SSSR count). The van der Waals surface area contributed by atoms with Crippen LogP contribution < -0.4 is 0 Å². The normalized spacial score (nSPS) is 31.1. The molecule has 0 amide bonds. The number of hydrogen-bond donors (Lipinski definition) is 0. The summed E-state index contributed by atoms with van der Waals surface area (Å²) in [4.78, 5) is 4.95. The number of rotatable bonds is 6. The van der Waals surface area contributed by atoms with Crippen molar-refractivity contribution >= 4 is 41.6 Å². The van der Waals surface area contributed by atoms with Gasteiger partial charge < -0.3 is 4.90 Å². The quantitative estimate of drug-likeness (QED) is 0.355. The molecule has 9 heteroatoms. The second-order valence-electron chi connectivity index (χ2n) is 11.2. The number of likely N-dealkylation sites (N-methyl/N-ethyl adjacent to an activating group) is 1. The number of piperazine rings is 1. The SMILES string of the molecule is CCN1CCN(Cn2nc(C34CC5CC(CC(C5)C3)C4)n(/N=C/c3c(Cl)cccc3Cl)c2=S)CC1. The topological polar surface area (TPSA) is 41.6 Å². The monoisotopic (exact) mass is 532 g/mol. The zero-order chi connectivity index (χ0) is 24.2. The molecule has 0 radical (unpaired) electrons. The fourth-order valence-electron chi connectivity index (χ4n) is 7.50. The van der Waals surface area contributed by atoms with Crippen LogP contribution in [0.1, 0.15) is 56.8 Å². The van der Waals surface area contributed by atoms with Crippen LogP contribution in [-0.4, -0.2) is 63.2 Å². The highest BCUT2D eigenvalue weighted by molar-refractivity contribution is 7.71. The third-order valence-corrected chi connectivity index (χ3v) is 9.92. The van der Waals surface area contributed by atoms with E-state index in [0.717, 1.165) is 61.9 Å². The zero-order valence-electron chi connectivity index (χ0n) is 20.4. The lowest BCUT2D eigenvalue weighted by Gasteiger charge is -2.55. The molecule has 1 aromatic heterocycles. The average Bonchev–Trinajstić information content (AvgIpc) is 3.14. The van der Waals surface area contributed by atoms with E-state index in [1.807, 2.05) is 27.6 Å². The lowest BCUT2D eigenvalue weighted by Crippen LogP contribution is -2.49. The van der Waals surface area contributed by atoms with Gasteiger partial charge >= 0.3 is 0 Å². The van der Waals surface area contributed by atoms with Gasteiger partial charge in [-0.15, -0.1) is 0 Å². The summed E-state index contributed by atoms with van der Waals surface area (Å²) in [6, 6.07) is 5.53. The highest BCUT2D eigenvalue weighted by Gasteiger charge is 2.54. The van der Waals surface area contributed by atoms with Gasteiger partial charge in [-0.25, -0.2) is 4.68 Å². The van der Waals surface area contributed by atoms with E-state index in [2.05, 4.69) is 16.7 Å². The van der Waals surface area contributed by atoms with Gasteiger partial charge in [0, 0.05) is 37.2 Å². The Hall–Kier alpha value is -1.25. The molecule has 0 N–H and O–H groups in total. The van der Waals surface area contributed by atoms with Crippen molar-refractivity contribution in [3.63, 3.8) is 0 Å². The second kappa shape index (κ2) is 9.56. The van der Waals surface area contributed by atoms with E-state index < -0.39 is 0 Å². The number of aromatic nitrogens is 3. The van der Waals surface area contributed by atoms with Crippen LogP contribution >= 0.6 is 35.4 Å². The lowest BCUT2D eigenvalue weighted by molar-refractivity contribution is -0.0112. The summed E-state index contributed by atoms with van der Waals surface area (Å²) in [5.74, 6) is 3.50. The molecule has 1 aromatic carbocycles. The summed E-state index contributed by atoms with van der Waals surface area (Å²) in [5.41, 5.74) is 0.799. The van der Waals surface area contributed by atoms with Gasteiger partial charge in [0.15, 0.2) is 5.82 Å². The highest BCUT2D eigenvalue weighted by atomic mass is 35.5. The van der Waals surface area contributed by atoms with Crippen molar-refractivity contribution in [2.75, 3.05) is 32.7 Å². The average molecular weight is 534 g/mol. The standard InChI is InChI=1S/C26H34Cl2N6S/c1-2-31-6-8-32(9-7-31)17-33-25(35)34(29-16-21-22(27)4-3-5-23(21)28)24(30-33)26-13-18-10-19(14-26)12-20(11-18)15-26/h3-5,16,18-20H,2,6-15,17H2,1H3/b29-16+. The predicted molar refractivity (Wildman–Crippen MR) is 144 cm³/mol. The number of hydrogen-bond acceptors (Lipinski definition) is 5. The van der Waals surface area contributed by atoms with Crippen LogP contribution in [0.5, 0.6) is 0 Å². The molecular formula is C26H34Cl2N6S. The fraction of sp³-hybridized carbons (Fsp3) is 0.654. The van der Waals surface area contributed by atoms with Crippen LogP contribution in [0.3, 0.4) is 0 Å². The molecule has 35 heavy (non-hydrogen) atoms. The molecule has 1 aliphatic heterocycles. The molecule has 0 atom stereocenters. The molecule has 0 unspecified atom stereocenters. The first-order chi connectivity index (χ1) is 16.9. The van der Waals surface area contributed by atoms with Crippen LogP contribution in [-0.2, 0) is 12.1 Å². The van der Waals surface area contributed by atoms with E-state index in [1.54, 1.807) is 6.21 Å². The van der Waals surface area contributed by atoms with Crippen molar-refractivity contribution in [3.8, 4) is 0 Å². The summed E-state index contributed by atoms with van der Waals surface area (Å²) in [7, 11) is 0. The van der Waals surface area contributed by atoms with Gasteiger partial charge in [-0.2, -0.15) is 14.9 Å². The van der Waals surface area contributed by atoms with E-state index in [9.17, 15) is 0 Å². The second-order valence-corrected chi connectivity index (χ2v) is 12.4. The summed E-state index contributed by atoms with van der Waals surface area (Å²) in [5, 5.41) is 11.3. The number of benzene rings is 1. The van der Waals surface area contributed by atoms with Crippen molar-refractivity contribution in [2.24, 2.45) is 22.9 Å². The van der Waals surface area contributed by atoms with Crippen molar-refractivity contribution in [1.82, 2.24) is 24.3 Å². The molecule has 6 nitrogen and oxygen atoms in total. The highest BCUT2D eigenvalue weighted by Crippen LogP contribution is 2.60. The summed E-state index contributed by atoms with van der Waals surface area (Å²) in [6.07, 6.45) is 9.56. The minimum absolute atomic E-state index is 0.0794. The third-order valence-electron chi connectivity index (χ3n) is 8.88. The van der Waals surface area contributed by atoms with Gasteiger partial charge in [-0.3, -0.25) is 4.90 Å². The Labute approximate surface area is 222 Å².